The monoisotopic (exact) mass is 395 g/mol. The lowest BCUT2D eigenvalue weighted by atomic mass is 9.76. The molecule has 2 aliphatic heterocycles. The first-order valence-corrected chi connectivity index (χ1v) is 10.1. The van der Waals surface area contributed by atoms with Gasteiger partial charge in [0.05, 0.1) is 5.41 Å². The molecule has 3 aromatic carbocycles. The van der Waals surface area contributed by atoms with Gasteiger partial charge in [-0.15, -0.1) is 0 Å². The minimum atomic E-state index is -0.505. The molecule has 148 valence electrons. The molecule has 0 saturated carbocycles. The lowest BCUT2D eigenvalue weighted by Gasteiger charge is -2.33. The summed E-state index contributed by atoms with van der Waals surface area (Å²) in [6, 6.07) is 23.9. The fourth-order valence-corrected chi connectivity index (χ4v) is 4.37. The first kappa shape index (κ1) is 18.3. The van der Waals surface area contributed by atoms with Crippen LogP contribution in [0.3, 0.4) is 0 Å². The van der Waals surface area contributed by atoms with Crippen molar-refractivity contribution in [3.63, 3.8) is 0 Å². The van der Waals surface area contributed by atoms with Crippen LogP contribution in [0.25, 0.3) is 11.1 Å². The highest BCUT2D eigenvalue weighted by Gasteiger charge is 2.47. The SMILES string of the molecule is N#CN1CCC2(Cc3cc(-c4ccc(Oc5ccccc5)cc4)ccc3NC2=O)C1. The number of anilines is 1. The molecule has 5 rings (SSSR count). The summed E-state index contributed by atoms with van der Waals surface area (Å²) in [4.78, 5) is 14.4. The van der Waals surface area contributed by atoms with Gasteiger partial charge in [0.2, 0.25) is 5.91 Å². The molecule has 1 N–H and O–H groups in total. The summed E-state index contributed by atoms with van der Waals surface area (Å²) in [5.74, 6) is 1.63. The van der Waals surface area contributed by atoms with E-state index in [-0.39, 0.29) is 5.91 Å². The summed E-state index contributed by atoms with van der Waals surface area (Å²) in [7, 11) is 0. The van der Waals surface area contributed by atoms with Gasteiger partial charge in [0.1, 0.15) is 11.5 Å². The molecule has 0 bridgehead atoms. The molecule has 30 heavy (non-hydrogen) atoms. The summed E-state index contributed by atoms with van der Waals surface area (Å²) in [6.45, 7) is 1.13. The van der Waals surface area contributed by atoms with E-state index >= 15 is 0 Å². The summed E-state index contributed by atoms with van der Waals surface area (Å²) in [5, 5.41) is 12.3. The van der Waals surface area contributed by atoms with Crippen LogP contribution in [0.1, 0.15) is 12.0 Å². The smallest absolute Gasteiger partial charge is 0.232 e. The molecule has 1 atom stereocenters. The minimum absolute atomic E-state index is 0.0305. The standard InChI is InChI=1S/C25H21N3O2/c26-17-28-13-12-25(16-28)15-20-14-19(8-11-23(20)27-24(25)29)18-6-9-22(10-7-18)30-21-4-2-1-3-5-21/h1-11,14H,12-13,15-16H2,(H,27,29). The minimum Gasteiger partial charge on any atom is -0.457 e. The molecule has 5 heteroatoms. The van der Waals surface area contributed by atoms with Gasteiger partial charge in [-0.25, -0.2) is 0 Å². The van der Waals surface area contributed by atoms with Gasteiger partial charge in [0.25, 0.3) is 0 Å². The Bertz CT molecular complexity index is 1140. The highest BCUT2D eigenvalue weighted by atomic mass is 16.5. The molecule has 0 radical (unpaired) electrons. The average molecular weight is 395 g/mol. The molecule has 3 aromatic rings. The fraction of sp³-hybridized carbons (Fsp3) is 0.200. The predicted octanol–water partition coefficient (Wildman–Crippen LogP) is 4.81. The van der Waals surface area contributed by atoms with Crippen LogP contribution in [0, 0.1) is 16.9 Å². The Labute approximate surface area is 175 Å². The molecule has 1 spiro atoms. The Kier molecular flexibility index (Phi) is 4.40. The number of nitrogens with one attached hydrogen (secondary N) is 1. The first-order chi connectivity index (χ1) is 14.6. The lowest BCUT2D eigenvalue weighted by molar-refractivity contribution is -0.125. The molecule has 0 aromatic heterocycles. The van der Waals surface area contributed by atoms with E-state index in [1.165, 1.54) is 0 Å². The number of fused-ring (bicyclic) bond motifs is 1. The number of amides is 1. The Morgan fingerprint density at radius 2 is 1.70 bits per heavy atom. The number of nitriles is 1. The Balaban J connectivity index is 1.38. The number of likely N-dealkylation sites (tertiary alicyclic amines) is 1. The van der Waals surface area contributed by atoms with Crippen molar-refractivity contribution in [1.29, 1.82) is 5.26 Å². The van der Waals surface area contributed by atoms with Crippen molar-refractivity contribution >= 4 is 11.6 Å². The normalized spacial score (nSPS) is 19.8. The Hall–Kier alpha value is -3.78. The number of para-hydroxylation sites is 1. The molecule has 1 amide bonds. The largest absolute Gasteiger partial charge is 0.457 e. The van der Waals surface area contributed by atoms with Crippen LogP contribution in [0.5, 0.6) is 11.5 Å². The van der Waals surface area contributed by atoms with E-state index in [9.17, 15) is 10.1 Å². The third kappa shape index (κ3) is 3.27. The van der Waals surface area contributed by atoms with E-state index in [4.69, 9.17) is 4.74 Å². The van der Waals surface area contributed by atoms with Gasteiger partial charge < -0.3 is 15.0 Å². The number of hydrogen-bond donors (Lipinski definition) is 1. The van der Waals surface area contributed by atoms with Gasteiger partial charge in [0.15, 0.2) is 6.19 Å². The van der Waals surface area contributed by atoms with Crippen LogP contribution in [-0.2, 0) is 11.2 Å². The van der Waals surface area contributed by atoms with E-state index in [0.717, 1.165) is 33.9 Å². The summed E-state index contributed by atoms with van der Waals surface area (Å²) in [6.07, 6.45) is 3.55. The highest BCUT2D eigenvalue weighted by Crippen LogP contribution is 2.41. The van der Waals surface area contributed by atoms with Crippen molar-refractivity contribution in [3.8, 4) is 28.8 Å². The maximum atomic E-state index is 12.7. The number of hydrogen-bond acceptors (Lipinski definition) is 4. The Morgan fingerprint density at radius 1 is 0.967 bits per heavy atom. The highest BCUT2D eigenvalue weighted by molar-refractivity contribution is 5.99. The first-order valence-electron chi connectivity index (χ1n) is 10.1. The maximum Gasteiger partial charge on any atom is 0.232 e. The number of benzene rings is 3. The van der Waals surface area contributed by atoms with Gasteiger partial charge in [-0.2, -0.15) is 5.26 Å². The van der Waals surface area contributed by atoms with Crippen molar-refractivity contribution in [2.45, 2.75) is 12.8 Å². The van der Waals surface area contributed by atoms with Crippen molar-refractivity contribution in [2.75, 3.05) is 18.4 Å². The zero-order valence-corrected chi connectivity index (χ0v) is 16.5. The van der Waals surface area contributed by atoms with Gasteiger partial charge in [-0.05, 0) is 65.9 Å². The van der Waals surface area contributed by atoms with Crippen LogP contribution >= 0.6 is 0 Å². The van der Waals surface area contributed by atoms with Crippen molar-refractivity contribution < 1.29 is 9.53 Å². The van der Waals surface area contributed by atoms with Crippen LogP contribution < -0.4 is 10.1 Å². The molecule has 0 aliphatic carbocycles. The van der Waals surface area contributed by atoms with Crippen LogP contribution in [0.4, 0.5) is 5.69 Å². The van der Waals surface area contributed by atoms with E-state index in [2.05, 4.69) is 17.6 Å². The molecule has 5 nitrogen and oxygen atoms in total. The predicted molar refractivity (Wildman–Crippen MR) is 115 cm³/mol. The van der Waals surface area contributed by atoms with Crippen molar-refractivity contribution in [1.82, 2.24) is 4.90 Å². The fourth-order valence-electron chi connectivity index (χ4n) is 4.37. The van der Waals surface area contributed by atoms with E-state index in [0.29, 0.717) is 25.9 Å². The Morgan fingerprint density at radius 3 is 2.43 bits per heavy atom. The molecule has 1 fully saturated rings. The van der Waals surface area contributed by atoms with Gasteiger partial charge in [-0.3, -0.25) is 4.79 Å². The number of carbonyl (C=O) groups is 1. The number of rotatable bonds is 3. The molecular weight excluding hydrogens is 374 g/mol. The van der Waals surface area contributed by atoms with Gasteiger partial charge >= 0.3 is 0 Å². The molecule has 2 aliphatic rings. The maximum absolute atomic E-state index is 12.7. The second-order valence-corrected chi connectivity index (χ2v) is 7.99. The lowest BCUT2D eigenvalue weighted by Crippen LogP contribution is -2.43. The average Bonchev–Trinajstić information content (AvgIpc) is 3.20. The molecule has 1 saturated heterocycles. The number of nitrogens with zero attached hydrogens (tertiary/aromatic N) is 2. The topological polar surface area (TPSA) is 65.4 Å². The van der Waals surface area contributed by atoms with Crippen LogP contribution in [-0.4, -0.2) is 23.9 Å². The van der Waals surface area contributed by atoms with E-state index in [1.807, 2.05) is 66.7 Å². The molecular formula is C25H21N3O2. The van der Waals surface area contributed by atoms with E-state index in [1.54, 1.807) is 4.90 Å². The number of ether oxygens (including phenoxy) is 1. The summed E-state index contributed by atoms with van der Waals surface area (Å²) < 4.78 is 5.88. The summed E-state index contributed by atoms with van der Waals surface area (Å²) >= 11 is 0. The number of carbonyl (C=O) groups excluding carboxylic acids is 1. The second-order valence-electron chi connectivity index (χ2n) is 7.99. The van der Waals surface area contributed by atoms with E-state index < -0.39 is 5.41 Å². The third-order valence-electron chi connectivity index (χ3n) is 6.03. The van der Waals surface area contributed by atoms with Crippen molar-refractivity contribution in [2.24, 2.45) is 5.41 Å². The van der Waals surface area contributed by atoms with Crippen molar-refractivity contribution in [3.05, 3.63) is 78.4 Å². The second kappa shape index (κ2) is 7.23. The van der Waals surface area contributed by atoms with Gasteiger partial charge in [0, 0.05) is 18.8 Å². The van der Waals surface area contributed by atoms with Crippen LogP contribution in [0.2, 0.25) is 0 Å². The van der Waals surface area contributed by atoms with Crippen LogP contribution in [0.15, 0.2) is 72.8 Å². The quantitative estimate of drug-likeness (QED) is 0.646. The zero-order valence-electron chi connectivity index (χ0n) is 16.5. The summed E-state index contributed by atoms with van der Waals surface area (Å²) in [5.41, 5.74) is 3.68. The third-order valence-corrected chi connectivity index (χ3v) is 6.03. The van der Waals surface area contributed by atoms with Gasteiger partial charge in [-0.1, -0.05) is 36.4 Å². The molecule has 1 unspecified atom stereocenters. The zero-order chi connectivity index (χ0) is 20.6. The molecule has 2 heterocycles.